The van der Waals surface area contributed by atoms with E-state index in [9.17, 15) is 14.4 Å². The lowest BCUT2D eigenvalue weighted by Crippen LogP contribution is -2.16. The number of aryl methyl sites for hydroxylation is 2. The van der Waals surface area contributed by atoms with Gasteiger partial charge in [0.1, 0.15) is 22.2 Å². The van der Waals surface area contributed by atoms with E-state index in [4.69, 9.17) is 14.2 Å². The number of nitrogens with one attached hydrogen (secondary N) is 1. The fourth-order valence-electron chi connectivity index (χ4n) is 3.29. The Morgan fingerprint density at radius 3 is 2.31 bits per heavy atom. The Morgan fingerprint density at radius 2 is 1.69 bits per heavy atom. The molecule has 35 heavy (non-hydrogen) atoms. The maximum atomic E-state index is 12.6. The molecule has 0 saturated carbocycles. The molecule has 2 aromatic heterocycles. The number of thioether (sulfide) groups is 1. The van der Waals surface area contributed by atoms with Crippen molar-refractivity contribution in [2.24, 2.45) is 7.05 Å². The van der Waals surface area contributed by atoms with E-state index in [2.05, 4.69) is 21.6 Å². The number of amides is 1. The second-order valence-electron chi connectivity index (χ2n) is 7.65. The average molecular weight is 519 g/mol. The Bertz CT molecular complexity index is 1250. The smallest absolute Gasteiger partial charge is 0.348 e. The number of carbonyl (C=O) groups excluding carboxylic acids is 3. The summed E-state index contributed by atoms with van der Waals surface area (Å²) in [6.45, 7) is 5.83. The van der Waals surface area contributed by atoms with Crippen molar-refractivity contribution in [2.75, 3.05) is 25.3 Å². The van der Waals surface area contributed by atoms with Crippen molar-refractivity contribution < 1.29 is 28.6 Å². The molecule has 0 aliphatic heterocycles. The number of aromatic nitrogens is 3. The van der Waals surface area contributed by atoms with E-state index < -0.39 is 11.9 Å². The molecule has 2 heterocycles. The SMILES string of the molecule is COC(=O)c1sc(NC(=O)CSc2nnc(COc3cc(C)cc(C)c3)n2C)c(C(=O)OC)c1C. The zero-order chi connectivity index (χ0) is 25.7. The summed E-state index contributed by atoms with van der Waals surface area (Å²) in [6.07, 6.45) is 0. The molecule has 1 aromatic carbocycles. The standard InChI is InChI=1S/C23H26N4O6S2/c1-12-7-13(2)9-15(8-12)33-10-16-25-26-23(27(16)4)34-11-17(28)24-20-18(21(29)31-5)14(3)19(35-20)22(30)32-6/h7-9H,10-11H2,1-6H3,(H,24,28). The topological polar surface area (TPSA) is 122 Å². The number of hydrogen-bond donors (Lipinski definition) is 1. The van der Waals surface area contributed by atoms with Gasteiger partial charge in [0.05, 0.1) is 25.5 Å². The number of benzene rings is 1. The van der Waals surface area contributed by atoms with Gasteiger partial charge in [0.15, 0.2) is 11.0 Å². The predicted molar refractivity (Wildman–Crippen MR) is 132 cm³/mol. The van der Waals surface area contributed by atoms with Gasteiger partial charge in [-0.1, -0.05) is 17.8 Å². The maximum absolute atomic E-state index is 12.6. The van der Waals surface area contributed by atoms with Crippen molar-refractivity contribution in [2.45, 2.75) is 32.5 Å². The lowest BCUT2D eigenvalue weighted by atomic mass is 10.1. The quantitative estimate of drug-likeness (QED) is 0.334. The Balaban J connectivity index is 1.65. The molecule has 0 radical (unpaired) electrons. The number of carbonyl (C=O) groups is 3. The van der Waals surface area contributed by atoms with Gasteiger partial charge in [0.2, 0.25) is 5.91 Å². The zero-order valence-electron chi connectivity index (χ0n) is 20.3. The Labute approximate surface area is 211 Å². The summed E-state index contributed by atoms with van der Waals surface area (Å²) < 4.78 is 17.2. The van der Waals surface area contributed by atoms with Gasteiger partial charge < -0.3 is 24.1 Å². The fraction of sp³-hybridized carbons (Fsp3) is 0.348. The molecule has 3 rings (SSSR count). The monoisotopic (exact) mass is 518 g/mol. The summed E-state index contributed by atoms with van der Waals surface area (Å²) in [5.74, 6) is -0.265. The number of esters is 2. The summed E-state index contributed by atoms with van der Waals surface area (Å²) in [5.41, 5.74) is 2.73. The number of rotatable bonds is 9. The summed E-state index contributed by atoms with van der Waals surface area (Å²) in [5, 5.41) is 11.7. The van der Waals surface area contributed by atoms with Crippen LogP contribution in [0.3, 0.4) is 0 Å². The number of nitrogens with zero attached hydrogens (tertiary/aromatic N) is 3. The van der Waals surface area contributed by atoms with Crippen LogP contribution in [0.25, 0.3) is 0 Å². The second kappa shape index (κ2) is 11.4. The molecule has 0 bridgehead atoms. The molecule has 3 aromatic rings. The van der Waals surface area contributed by atoms with Crippen molar-refractivity contribution in [3.63, 3.8) is 0 Å². The normalized spacial score (nSPS) is 10.7. The van der Waals surface area contributed by atoms with E-state index in [1.54, 1.807) is 18.5 Å². The fourth-order valence-corrected chi connectivity index (χ4v) is 5.15. The van der Waals surface area contributed by atoms with Gasteiger partial charge in [-0.25, -0.2) is 9.59 Å². The van der Waals surface area contributed by atoms with Crippen molar-refractivity contribution in [3.8, 4) is 5.75 Å². The van der Waals surface area contributed by atoms with Crippen molar-refractivity contribution in [1.29, 1.82) is 0 Å². The number of hydrogen-bond acceptors (Lipinski definition) is 10. The van der Waals surface area contributed by atoms with Crippen LogP contribution < -0.4 is 10.1 Å². The lowest BCUT2D eigenvalue weighted by molar-refractivity contribution is -0.113. The van der Waals surface area contributed by atoms with Crippen molar-refractivity contribution >= 4 is 45.9 Å². The first-order valence-corrected chi connectivity index (χ1v) is 12.3. The molecule has 0 aliphatic rings. The number of methoxy groups -OCH3 is 2. The highest BCUT2D eigenvalue weighted by molar-refractivity contribution is 7.99. The molecule has 1 amide bonds. The third-order valence-electron chi connectivity index (χ3n) is 4.98. The molecular weight excluding hydrogens is 492 g/mol. The van der Waals surface area contributed by atoms with Gasteiger partial charge >= 0.3 is 11.9 Å². The van der Waals surface area contributed by atoms with Crippen LogP contribution in [0.15, 0.2) is 23.4 Å². The third kappa shape index (κ3) is 6.20. The molecule has 186 valence electrons. The van der Waals surface area contributed by atoms with Crippen molar-refractivity contribution in [3.05, 3.63) is 51.2 Å². The molecule has 0 aliphatic carbocycles. The van der Waals surface area contributed by atoms with Crippen LogP contribution in [0.5, 0.6) is 5.75 Å². The molecule has 10 nitrogen and oxygen atoms in total. The third-order valence-corrected chi connectivity index (χ3v) is 7.19. The van der Waals surface area contributed by atoms with Gasteiger partial charge in [-0.2, -0.15) is 0 Å². The van der Waals surface area contributed by atoms with Crippen LogP contribution in [0.1, 0.15) is 42.5 Å². The number of anilines is 1. The minimum absolute atomic E-state index is 0.00895. The largest absolute Gasteiger partial charge is 0.486 e. The van der Waals surface area contributed by atoms with Crippen LogP contribution in [-0.4, -0.2) is 52.6 Å². The second-order valence-corrected chi connectivity index (χ2v) is 9.61. The van der Waals surface area contributed by atoms with Crippen LogP contribution in [0.2, 0.25) is 0 Å². The molecule has 0 atom stereocenters. The van der Waals surface area contributed by atoms with Crippen LogP contribution in [0.4, 0.5) is 5.00 Å². The van der Waals surface area contributed by atoms with Gasteiger partial charge in [-0.15, -0.1) is 21.5 Å². The minimum Gasteiger partial charge on any atom is -0.486 e. The molecule has 1 N–H and O–H groups in total. The van der Waals surface area contributed by atoms with Crippen molar-refractivity contribution in [1.82, 2.24) is 14.8 Å². The highest BCUT2D eigenvalue weighted by Crippen LogP contribution is 2.34. The molecule has 0 saturated heterocycles. The average Bonchev–Trinajstić information content (AvgIpc) is 3.33. The van der Waals surface area contributed by atoms with E-state index >= 15 is 0 Å². The Kier molecular flexibility index (Phi) is 8.52. The predicted octanol–water partition coefficient (Wildman–Crippen LogP) is 3.68. The lowest BCUT2D eigenvalue weighted by Gasteiger charge is -2.08. The van der Waals surface area contributed by atoms with Crippen LogP contribution in [-0.2, 0) is 27.9 Å². The van der Waals surface area contributed by atoms with Gasteiger partial charge in [0, 0.05) is 7.05 Å². The molecule has 12 heteroatoms. The summed E-state index contributed by atoms with van der Waals surface area (Å²) >= 11 is 2.14. The summed E-state index contributed by atoms with van der Waals surface area (Å²) in [7, 11) is 4.27. The summed E-state index contributed by atoms with van der Waals surface area (Å²) in [4.78, 5) is 37.1. The van der Waals surface area contributed by atoms with E-state index in [0.29, 0.717) is 16.5 Å². The number of ether oxygens (including phenoxy) is 3. The highest BCUT2D eigenvalue weighted by Gasteiger charge is 2.27. The molecule has 0 unspecified atom stereocenters. The van der Waals surface area contributed by atoms with Crippen LogP contribution in [0, 0.1) is 20.8 Å². The first-order chi connectivity index (χ1) is 16.6. The van der Waals surface area contributed by atoms with Gasteiger partial charge in [0.25, 0.3) is 0 Å². The first-order valence-electron chi connectivity index (χ1n) is 10.5. The van der Waals surface area contributed by atoms with Gasteiger partial charge in [-0.05, 0) is 49.6 Å². The van der Waals surface area contributed by atoms with E-state index in [1.807, 2.05) is 26.0 Å². The summed E-state index contributed by atoms with van der Waals surface area (Å²) in [6, 6.07) is 5.96. The minimum atomic E-state index is -0.654. The van der Waals surface area contributed by atoms with Gasteiger partial charge in [-0.3, -0.25) is 4.79 Å². The highest BCUT2D eigenvalue weighted by atomic mass is 32.2. The Morgan fingerprint density at radius 1 is 1.03 bits per heavy atom. The van der Waals surface area contributed by atoms with E-state index in [1.165, 1.54) is 26.0 Å². The maximum Gasteiger partial charge on any atom is 0.348 e. The molecule has 0 fully saturated rings. The molecular formula is C23H26N4O6S2. The zero-order valence-corrected chi connectivity index (χ0v) is 21.9. The Hall–Kier alpha value is -3.38. The first kappa shape index (κ1) is 26.2. The number of thiophene rings is 1. The van der Waals surface area contributed by atoms with E-state index in [0.717, 1.165) is 28.2 Å². The molecule has 0 spiro atoms. The van der Waals surface area contributed by atoms with E-state index in [-0.39, 0.29) is 33.7 Å². The van der Waals surface area contributed by atoms with Crippen LogP contribution >= 0.6 is 23.1 Å².